The van der Waals surface area contributed by atoms with Crippen molar-refractivity contribution in [2.75, 3.05) is 13.2 Å². The number of aliphatic hydroxyl groups excluding tert-OH is 2. The molecule has 0 saturated carbocycles. The lowest BCUT2D eigenvalue weighted by Crippen LogP contribution is -2.67. The number of esters is 4. The van der Waals surface area contributed by atoms with Crippen molar-refractivity contribution >= 4 is 41.9 Å². The Bertz CT molecular complexity index is 3620. The fraction of sp³-hybridized carbons (Fsp3) is 0.419. The van der Waals surface area contributed by atoms with Gasteiger partial charge in [-0.05, 0) is 72.5 Å². The summed E-state index contributed by atoms with van der Waals surface area (Å²) in [5.74, 6) is -9.99. The second-order valence-electron chi connectivity index (χ2n) is 24.6. The normalized spacial score (nSPS) is 29.8. The van der Waals surface area contributed by atoms with Crippen LogP contribution in [-0.4, -0.2) is 185 Å². The third-order valence-corrected chi connectivity index (χ3v) is 17.9. The molecule has 0 bridgehead atoms. The zero-order valence-electron chi connectivity index (χ0n) is 55.0. The third kappa shape index (κ3) is 17.9. The van der Waals surface area contributed by atoms with Crippen LogP contribution in [0.15, 0.2) is 182 Å². The standard InChI is InChI=1S/C74H81NO24/c1-6-51-55(43(4)58(92-67(83)48-32-20-11-21-33-48)70(89-51)87-39-38-75(40-45-26-14-8-15-27-45)74(86)88-41-46-28-16-9-17-29-46)96-73-63(94-69(85)50-36-24-13-25-37-50)60(54(77)62(99-73)65(80)81)97-71-59(93-68(84)49-34-22-12-23-35-49)44(5)56(52(7-2)90-71)95-72-57(42(3)53(76)61(98-72)64(78)79)91-66(82)47-30-18-10-19-31-47/h8-37,42-44,51-63,70-73,76-77H,6-7,38-41H2,1-5H3,(H,78,79)(H,80,81)/t42-,43-,44-,51?,52?,53-,54-,55-,56-,57?,58?,59?,60-,61?,62?,63?,70+,71-,72+,73+/m0/s1. The van der Waals surface area contributed by atoms with E-state index in [1.165, 1.54) is 48.2 Å². The summed E-state index contributed by atoms with van der Waals surface area (Å²) in [5.41, 5.74) is 1.93. The molecule has 6 aromatic carbocycles. The molecule has 4 saturated heterocycles. The highest BCUT2D eigenvalue weighted by Gasteiger charge is 2.59. The lowest BCUT2D eigenvalue weighted by molar-refractivity contribution is -0.376. The molecule has 25 heteroatoms. The number of aliphatic carboxylic acids is 2. The van der Waals surface area contributed by atoms with Crippen LogP contribution in [0.3, 0.4) is 0 Å². The Morgan fingerprint density at radius 1 is 0.404 bits per heavy atom. The van der Waals surface area contributed by atoms with Crippen LogP contribution in [0.2, 0.25) is 0 Å². The van der Waals surface area contributed by atoms with Crippen molar-refractivity contribution in [3.05, 3.63) is 215 Å². The number of nitrogens with zero attached hydrogens (tertiary/aromatic N) is 1. The number of carbonyl (C=O) groups is 7. The first-order valence-electron chi connectivity index (χ1n) is 32.9. The molecule has 6 aromatic rings. The van der Waals surface area contributed by atoms with Gasteiger partial charge in [0.05, 0.1) is 59.4 Å². The first-order valence-corrected chi connectivity index (χ1v) is 32.9. The zero-order valence-corrected chi connectivity index (χ0v) is 55.0. The first-order chi connectivity index (χ1) is 47.8. The number of hydrogen-bond donors (Lipinski definition) is 4. The Balaban J connectivity index is 0.970. The Morgan fingerprint density at radius 2 is 0.747 bits per heavy atom. The van der Waals surface area contributed by atoms with Crippen molar-refractivity contribution in [2.24, 2.45) is 17.8 Å². The molecular weight excluding hydrogens is 1290 g/mol. The van der Waals surface area contributed by atoms with Gasteiger partial charge in [0.1, 0.15) is 18.8 Å². The van der Waals surface area contributed by atoms with Crippen LogP contribution in [0.4, 0.5) is 4.79 Å². The molecular formula is C74H81NO24. The molecule has 4 aliphatic rings. The highest BCUT2D eigenvalue weighted by molar-refractivity contribution is 5.91. The van der Waals surface area contributed by atoms with Gasteiger partial charge in [-0.3, -0.25) is 0 Å². The van der Waals surface area contributed by atoms with Gasteiger partial charge in [-0.1, -0.05) is 168 Å². The molecule has 4 heterocycles. The summed E-state index contributed by atoms with van der Waals surface area (Å²) < 4.78 is 82.9. The van der Waals surface area contributed by atoms with E-state index in [1.54, 1.807) is 113 Å². The molecule has 4 aliphatic heterocycles. The van der Waals surface area contributed by atoms with Crippen LogP contribution in [0.1, 0.15) is 100 Å². The average molecular weight is 1370 g/mol. The molecule has 0 aliphatic carbocycles. The molecule has 4 N–H and O–H groups in total. The topological polar surface area (TPSA) is 324 Å². The van der Waals surface area contributed by atoms with Gasteiger partial charge < -0.3 is 86.9 Å². The fourth-order valence-electron chi connectivity index (χ4n) is 12.4. The zero-order chi connectivity index (χ0) is 70.3. The Morgan fingerprint density at radius 3 is 1.17 bits per heavy atom. The van der Waals surface area contributed by atoms with E-state index in [2.05, 4.69) is 0 Å². The van der Waals surface area contributed by atoms with Gasteiger partial charge in [-0.25, -0.2) is 33.6 Å². The van der Waals surface area contributed by atoms with Crippen molar-refractivity contribution in [2.45, 2.75) is 165 Å². The number of amides is 1. The minimum Gasteiger partial charge on any atom is -0.479 e. The number of rotatable bonds is 26. The van der Waals surface area contributed by atoms with Crippen molar-refractivity contribution in [3.8, 4) is 0 Å². The molecule has 99 heavy (non-hydrogen) atoms. The number of carboxylic acid groups (broad SMARTS) is 2. The summed E-state index contributed by atoms with van der Waals surface area (Å²) in [6.45, 7) is 8.13. The maximum atomic E-state index is 14.5. The van der Waals surface area contributed by atoms with Gasteiger partial charge in [-0.2, -0.15) is 0 Å². The molecule has 0 aromatic heterocycles. The highest BCUT2D eigenvalue weighted by atomic mass is 16.8. The first kappa shape index (κ1) is 72.7. The Hall–Kier alpha value is -8.99. The maximum Gasteiger partial charge on any atom is 0.410 e. The van der Waals surface area contributed by atoms with Crippen LogP contribution >= 0.6 is 0 Å². The van der Waals surface area contributed by atoms with E-state index < -0.39 is 164 Å². The second-order valence-corrected chi connectivity index (χ2v) is 24.6. The molecule has 20 atom stereocenters. The summed E-state index contributed by atoms with van der Waals surface area (Å²) in [4.78, 5) is 98.3. The van der Waals surface area contributed by atoms with Gasteiger partial charge in [0.2, 0.25) is 0 Å². The van der Waals surface area contributed by atoms with E-state index in [-0.39, 0.29) is 61.4 Å². The quantitative estimate of drug-likeness (QED) is 0.0292. The largest absolute Gasteiger partial charge is 0.479 e. The van der Waals surface area contributed by atoms with Gasteiger partial charge in [0.15, 0.2) is 61.8 Å². The summed E-state index contributed by atoms with van der Waals surface area (Å²) in [5, 5.41) is 44.9. The van der Waals surface area contributed by atoms with E-state index in [0.29, 0.717) is 0 Å². The Labute approximate surface area is 571 Å². The van der Waals surface area contributed by atoms with Gasteiger partial charge in [0, 0.05) is 30.8 Å². The van der Waals surface area contributed by atoms with Crippen LogP contribution in [0.5, 0.6) is 0 Å². The van der Waals surface area contributed by atoms with Crippen molar-refractivity contribution in [1.29, 1.82) is 0 Å². The molecule has 0 spiro atoms. The van der Waals surface area contributed by atoms with E-state index in [9.17, 15) is 54.0 Å². The minimum absolute atomic E-state index is 0.00165. The average Bonchev–Trinajstić information content (AvgIpc) is 0.766. The Kier molecular flexibility index (Phi) is 25.1. The van der Waals surface area contributed by atoms with Crippen LogP contribution < -0.4 is 0 Å². The molecule has 10 rings (SSSR count). The monoisotopic (exact) mass is 1370 g/mol. The summed E-state index contributed by atoms with van der Waals surface area (Å²) in [6.07, 6.45) is -28.3. The smallest absolute Gasteiger partial charge is 0.410 e. The summed E-state index contributed by atoms with van der Waals surface area (Å²) >= 11 is 0. The molecule has 25 nitrogen and oxygen atoms in total. The van der Waals surface area contributed by atoms with Crippen molar-refractivity contribution in [3.63, 3.8) is 0 Å². The number of benzene rings is 6. The van der Waals surface area contributed by atoms with Crippen LogP contribution in [0, 0.1) is 17.8 Å². The third-order valence-electron chi connectivity index (χ3n) is 17.9. The van der Waals surface area contributed by atoms with Gasteiger partial charge in [-0.15, -0.1) is 0 Å². The summed E-state index contributed by atoms with van der Waals surface area (Å²) in [7, 11) is 0. The van der Waals surface area contributed by atoms with Crippen LogP contribution in [-0.2, 0) is 84.3 Å². The predicted molar refractivity (Wildman–Crippen MR) is 347 cm³/mol. The van der Waals surface area contributed by atoms with Crippen molar-refractivity contribution in [1.82, 2.24) is 4.90 Å². The number of ether oxygens (including phenoxy) is 13. The van der Waals surface area contributed by atoms with Gasteiger partial charge >= 0.3 is 41.9 Å². The lowest BCUT2D eigenvalue weighted by Gasteiger charge is -2.50. The van der Waals surface area contributed by atoms with E-state index in [0.717, 1.165) is 11.1 Å². The molecule has 0 radical (unpaired) electrons. The van der Waals surface area contributed by atoms with Crippen LogP contribution in [0.25, 0.3) is 0 Å². The summed E-state index contributed by atoms with van der Waals surface area (Å²) in [6, 6.07) is 49.9. The number of hydrogen-bond acceptors (Lipinski definition) is 22. The number of carbonyl (C=O) groups excluding carboxylic acids is 5. The van der Waals surface area contributed by atoms with E-state index >= 15 is 0 Å². The van der Waals surface area contributed by atoms with E-state index in [1.807, 2.05) is 60.7 Å². The molecule has 526 valence electrons. The lowest BCUT2D eigenvalue weighted by atomic mass is 9.87. The van der Waals surface area contributed by atoms with Gasteiger partial charge in [0.25, 0.3) is 0 Å². The molecule has 4 fully saturated rings. The van der Waals surface area contributed by atoms with E-state index in [4.69, 9.17) is 61.6 Å². The minimum atomic E-state index is -2.23. The second kappa shape index (κ2) is 34.2. The fourth-order valence-corrected chi connectivity index (χ4v) is 12.4. The highest BCUT2D eigenvalue weighted by Crippen LogP contribution is 2.42. The SMILES string of the molecule is CCC1O[C@@H](O[C@@H]2C(OC(=O)c3ccccc3)[C@H](O[C@@H]3C(CC)O[C@@H](OCCN(Cc4ccccc4)C(=O)OCc4ccccc4)C(OC(=O)c4ccccc4)[C@H]3C)OC(C(=O)O)[C@H]2O)C(OC(=O)c2ccccc2)[C@@H](C)[C@@H]1O[C@@H]1OC(C(=O)O)[C@@H](O)[C@H](C)C1OC(=O)c1ccccc1. The molecule has 8 unspecified atom stereocenters. The molecule has 1 amide bonds. The number of carboxylic acids is 2. The number of aliphatic hydroxyl groups is 2. The van der Waals surface area contributed by atoms with Crippen molar-refractivity contribution < 1.29 is 116 Å². The maximum absolute atomic E-state index is 14.5. The predicted octanol–water partition coefficient (Wildman–Crippen LogP) is 8.42.